The number of aldehydes is 1. The van der Waals surface area contributed by atoms with E-state index in [1.807, 2.05) is 41.8 Å². The first-order valence-electron chi connectivity index (χ1n) is 7.68. The molecule has 6 heteroatoms. The molecule has 0 unspecified atom stereocenters. The maximum absolute atomic E-state index is 11.7. The molecule has 3 aromatic rings. The highest BCUT2D eigenvalue weighted by Crippen LogP contribution is 2.37. The van der Waals surface area contributed by atoms with Crippen molar-refractivity contribution in [3.05, 3.63) is 63.8 Å². The van der Waals surface area contributed by atoms with E-state index in [0.29, 0.717) is 23.2 Å². The zero-order chi connectivity index (χ0) is 18.0. The number of hydrogen-bond donors (Lipinski definition) is 1. The van der Waals surface area contributed by atoms with Crippen molar-refractivity contribution in [2.45, 2.75) is 13.5 Å². The fourth-order valence-corrected chi connectivity index (χ4v) is 3.48. The predicted octanol–water partition coefficient (Wildman–Crippen LogP) is 4.04. The molecule has 0 saturated carbocycles. The normalized spacial score (nSPS) is 10.8. The monoisotopic (exact) mass is 401 g/mol. The number of nitrogens with zero attached hydrogens (tertiary/aromatic N) is 1. The molecule has 1 heterocycles. The van der Waals surface area contributed by atoms with Gasteiger partial charge in [0.05, 0.1) is 10.9 Å². The number of hydrogen-bond acceptors (Lipinski definition) is 3. The second kappa shape index (κ2) is 7.11. The van der Waals surface area contributed by atoms with Crippen molar-refractivity contribution in [1.29, 1.82) is 0 Å². The van der Waals surface area contributed by atoms with Crippen LogP contribution in [0.1, 0.15) is 21.6 Å². The zero-order valence-corrected chi connectivity index (χ0v) is 15.1. The number of carbonyl (C=O) groups is 2. The minimum Gasteiger partial charge on any atom is -0.481 e. The van der Waals surface area contributed by atoms with E-state index in [1.165, 1.54) is 0 Å². The molecule has 0 bridgehead atoms. The van der Waals surface area contributed by atoms with Crippen LogP contribution in [-0.2, 0) is 11.3 Å². The van der Waals surface area contributed by atoms with Crippen LogP contribution in [-0.4, -0.2) is 28.5 Å². The van der Waals surface area contributed by atoms with Gasteiger partial charge >= 0.3 is 5.97 Å². The number of halogens is 1. The summed E-state index contributed by atoms with van der Waals surface area (Å²) in [4.78, 5) is 22.5. The summed E-state index contributed by atoms with van der Waals surface area (Å²) in [6, 6.07) is 13.4. The molecule has 0 radical (unpaired) electrons. The maximum Gasteiger partial charge on any atom is 0.341 e. The highest BCUT2D eigenvalue weighted by Gasteiger charge is 2.20. The lowest BCUT2D eigenvalue weighted by Crippen LogP contribution is -2.09. The summed E-state index contributed by atoms with van der Waals surface area (Å²) >= 11 is 3.54. The van der Waals surface area contributed by atoms with Crippen molar-refractivity contribution in [3.63, 3.8) is 0 Å². The Bertz CT molecular complexity index is 947. The summed E-state index contributed by atoms with van der Waals surface area (Å²) in [5.41, 5.74) is 3.23. The summed E-state index contributed by atoms with van der Waals surface area (Å²) in [7, 11) is 0. The quantitative estimate of drug-likeness (QED) is 0.632. The van der Waals surface area contributed by atoms with E-state index < -0.39 is 12.6 Å². The molecular formula is C19H16BrNO4. The van der Waals surface area contributed by atoms with Gasteiger partial charge in [0.1, 0.15) is 5.75 Å². The van der Waals surface area contributed by atoms with Crippen LogP contribution in [0.3, 0.4) is 0 Å². The molecule has 5 nitrogen and oxygen atoms in total. The third kappa shape index (κ3) is 3.30. The van der Waals surface area contributed by atoms with Gasteiger partial charge in [-0.25, -0.2) is 4.79 Å². The SMILES string of the molecule is Cc1c(C=O)c2c(OCC(=O)O)ccc(Br)c2n1Cc1ccccc1. The number of aliphatic carboxylic acids is 1. The Hall–Kier alpha value is -2.60. The van der Waals surface area contributed by atoms with Crippen LogP contribution in [0.4, 0.5) is 0 Å². The standard InChI is InChI=1S/C19H16BrNO4/c1-12-14(10-22)18-16(25-11-17(23)24)8-7-15(20)19(18)21(12)9-13-5-3-2-4-6-13/h2-8,10H,9,11H2,1H3,(H,23,24). The largest absolute Gasteiger partial charge is 0.481 e. The van der Waals surface area contributed by atoms with Crippen LogP contribution in [0.2, 0.25) is 0 Å². The van der Waals surface area contributed by atoms with Gasteiger partial charge in [-0.15, -0.1) is 0 Å². The zero-order valence-electron chi connectivity index (χ0n) is 13.5. The molecule has 0 aliphatic rings. The molecular weight excluding hydrogens is 386 g/mol. The lowest BCUT2D eigenvalue weighted by molar-refractivity contribution is -0.139. The summed E-state index contributed by atoms with van der Waals surface area (Å²) in [6.07, 6.45) is 0.791. The van der Waals surface area contributed by atoms with E-state index in [-0.39, 0.29) is 0 Å². The van der Waals surface area contributed by atoms with E-state index in [9.17, 15) is 9.59 Å². The van der Waals surface area contributed by atoms with Gasteiger partial charge in [-0.05, 0) is 40.5 Å². The second-order valence-electron chi connectivity index (χ2n) is 5.64. The number of carboxylic acid groups (broad SMARTS) is 1. The van der Waals surface area contributed by atoms with Crippen LogP contribution in [0.25, 0.3) is 10.9 Å². The topological polar surface area (TPSA) is 68.5 Å². The first-order valence-corrected chi connectivity index (χ1v) is 8.47. The number of ether oxygens (including phenoxy) is 1. The van der Waals surface area contributed by atoms with Crippen LogP contribution < -0.4 is 4.74 Å². The molecule has 0 saturated heterocycles. The van der Waals surface area contributed by atoms with Gasteiger partial charge in [-0.2, -0.15) is 0 Å². The Morgan fingerprint density at radius 1 is 1.24 bits per heavy atom. The summed E-state index contributed by atoms with van der Waals surface area (Å²) in [5.74, 6) is -0.679. The van der Waals surface area contributed by atoms with Gasteiger partial charge in [0.25, 0.3) is 0 Å². The van der Waals surface area contributed by atoms with E-state index >= 15 is 0 Å². The number of fused-ring (bicyclic) bond motifs is 1. The Labute approximate surface area is 153 Å². The number of benzene rings is 2. The second-order valence-corrected chi connectivity index (χ2v) is 6.49. The van der Waals surface area contributed by atoms with E-state index in [4.69, 9.17) is 9.84 Å². The van der Waals surface area contributed by atoms with Crippen molar-refractivity contribution in [2.75, 3.05) is 6.61 Å². The van der Waals surface area contributed by atoms with E-state index in [0.717, 1.165) is 27.5 Å². The molecule has 128 valence electrons. The molecule has 1 aromatic heterocycles. The van der Waals surface area contributed by atoms with Crippen molar-refractivity contribution < 1.29 is 19.4 Å². The van der Waals surface area contributed by atoms with Gasteiger partial charge in [-0.3, -0.25) is 4.79 Å². The van der Waals surface area contributed by atoms with Gasteiger partial charge in [0.2, 0.25) is 0 Å². The first kappa shape index (κ1) is 17.2. The van der Waals surface area contributed by atoms with Crippen LogP contribution in [0.5, 0.6) is 5.75 Å². The summed E-state index contributed by atoms with van der Waals surface area (Å²) in [5, 5.41) is 9.50. The predicted molar refractivity (Wildman–Crippen MR) is 98.4 cm³/mol. The number of rotatable bonds is 6. The molecule has 3 rings (SSSR count). The summed E-state index contributed by atoms with van der Waals surface area (Å²) in [6.45, 7) is 2.01. The number of carboxylic acids is 1. The molecule has 0 amide bonds. The van der Waals surface area contributed by atoms with Crippen molar-refractivity contribution >= 4 is 39.1 Å². The molecule has 0 atom stereocenters. The van der Waals surface area contributed by atoms with Gasteiger partial charge < -0.3 is 14.4 Å². The number of aromatic nitrogens is 1. The average molecular weight is 402 g/mol. The van der Waals surface area contributed by atoms with Crippen molar-refractivity contribution in [1.82, 2.24) is 4.57 Å². The highest BCUT2D eigenvalue weighted by atomic mass is 79.9. The molecule has 1 N–H and O–H groups in total. The first-order chi connectivity index (χ1) is 12.0. The Morgan fingerprint density at radius 3 is 2.60 bits per heavy atom. The molecule has 2 aromatic carbocycles. The minimum absolute atomic E-state index is 0.387. The molecule has 0 aliphatic carbocycles. The Morgan fingerprint density at radius 2 is 1.96 bits per heavy atom. The molecule has 25 heavy (non-hydrogen) atoms. The Balaban J connectivity index is 2.20. The van der Waals surface area contributed by atoms with E-state index in [1.54, 1.807) is 12.1 Å². The third-order valence-electron chi connectivity index (χ3n) is 4.08. The van der Waals surface area contributed by atoms with Gasteiger partial charge in [0.15, 0.2) is 12.9 Å². The average Bonchev–Trinajstić information content (AvgIpc) is 2.88. The van der Waals surface area contributed by atoms with E-state index in [2.05, 4.69) is 15.9 Å². The summed E-state index contributed by atoms with van der Waals surface area (Å²) < 4.78 is 8.25. The van der Waals surface area contributed by atoms with Crippen LogP contribution in [0, 0.1) is 6.92 Å². The molecule has 0 fully saturated rings. The maximum atomic E-state index is 11.7. The van der Waals surface area contributed by atoms with Crippen LogP contribution in [0.15, 0.2) is 46.9 Å². The number of carbonyl (C=O) groups excluding carboxylic acids is 1. The van der Waals surface area contributed by atoms with Gasteiger partial charge in [0, 0.05) is 22.3 Å². The smallest absolute Gasteiger partial charge is 0.341 e. The molecule has 0 spiro atoms. The van der Waals surface area contributed by atoms with Crippen molar-refractivity contribution in [3.8, 4) is 5.75 Å². The molecule has 0 aliphatic heterocycles. The lowest BCUT2D eigenvalue weighted by Gasteiger charge is -2.11. The van der Waals surface area contributed by atoms with Gasteiger partial charge in [-0.1, -0.05) is 30.3 Å². The fourth-order valence-electron chi connectivity index (χ4n) is 2.93. The Kier molecular flexibility index (Phi) is 4.90. The third-order valence-corrected chi connectivity index (χ3v) is 4.72. The van der Waals surface area contributed by atoms with Crippen molar-refractivity contribution in [2.24, 2.45) is 0 Å². The fraction of sp³-hybridized carbons (Fsp3) is 0.158. The van der Waals surface area contributed by atoms with Crippen LogP contribution >= 0.6 is 15.9 Å². The lowest BCUT2D eigenvalue weighted by atomic mass is 10.1. The highest BCUT2D eigenvalue weighted by molar-refractivity contribution is 9.10. The minimum atomic E-state index is -1.07.